The highest BCUT2D eigenvalue weighted by Crippen LogP contribution is 2.34. The van der Waals surface area contributed by atoms with Gasteiger partial charge in [0.2, 0.25) is 0 Å². The molecule has 0 bridgehead atoms. The Hall–Kier alpha value is -2.75. The molecule has 2 aromatic rings. The van der Waals surface area contributed by atoms with E-state index in [0.29, 0.717) is 17.6 Å². The number of ether oxygens (including phenoxy) is 1. The molecule has 2 amide bonds. The van der Waals surface area contributed by atoms with Crippen LogP contribution in [0, 0.1) is 5.92 Å². The Balaban J connectivity index is 1.81. The Morgan fingerprint density at radius 3 is 2.50 bits per heavy atom. The van der Waals surface area contributed by atoms with E-state index in [-0.39, 0.29) is 42.9 Å². The molecule has 0 unspecified atom stereocenters. The Morgan fingerprint density at radius 2 is 1.84 bits per heavy atom. The van der Waals surface area contributed by atoms with E-state index in [1.165, 1.54) is 34.1 Å². The average molecular weight is 473 g/mol. The molecule has 0 aliphatic carbocycles. The molecule has 1 aliphatic rings. The van der Waals surface area contributed by atoms with E-state index >= 15 is 0 Å². The first-order valence-electron chi connectivity index (χ1n) is 10.2. The number of hydrogen-bond donors (Lipinski definition) is 0. The van der Waals surface area contributed by atoms with Crippen molar-refractivity contribution in [2.24, 2.45) is 5.92 Å². The fourth-order valence-electron chi connectivity index (χ4n) is 3.38. The van der Waals surface area contributed by atoms with Crippen LogP contribution in [0.15, 0.2) is 30.5 Å². The second-order valence-electron chi connectivity index (χ2n) is 7.90. The second kappa shape index (κ2) is 9.81. The quantitative estimate of drug-likeness (QED) is 0.657. The van der Waals surface area contributed by atoms with Crippen LogP contribution in [0.2, 0.25) is 5.02 Å². The molecular weight excluding hydrogens is 449 g/mol. The molecule has 1 fully saturated rings. The van der Waals surface area contributed by atoms with Gasteiger partial charge >= 0.3 is 12.3 Å². The molecule has 174 valence electrons. The van der Waals surface area contributed by atoms with Crippen molar-refractivity contribution >= 4 is 23.6 Å². The molecule has 7 nitrogen and oxygen atoms in total. The van der Waals surface area contributed by atoms with Gasteiger partial charge < -0.3 is 14.5 Å². The lowest BCUT2D eigenvalue weighted by Gasteiger charge is -2.22. The molecule has 1 aromatic carbocycles. The summed E-state index contributed by atoms with van der Waals surface area (Å²) in [5, 5.41) is 4.07. The van der Waals surface area contributed by atoms with Crippen molar-refractivity contribution in [2.45, 2.75) is 26.4 Å². The van der Waals surface area contributed by atoms with Crippen LogP contribution in [-0.4, -0.2) is 64.4 Å². The maximum absolute atomic E-state index is 13.9. The van der Waals surface area contributed by atoms with E-state index < -0.39 is 29.4 Å². The minimum Gasteiger partial charge on any atom is -0.449 e. The van der Waals surface area contributed by atoms with Crippen LogP contribution in [0.25, 0.3) is 5.69 Å². The van der Waals surface area contributed by atoms with Gasteiger partial charge in [-0.15, -0.1) is 0 Å². The smallest absolute Gasteiger partial charge is 0.434 e. The lowest BCUT2D eigenvalue weighted by atomic mass is 10.2. The molecule has 0 N–H and O–H groups in total. The Kier molecular flexibility index (Phi) is 7.33. The number of benzene rings is 1. The van der Waals surface area contributed by atoms with Gasteiger partial charge in [-0.05, 0) is 30.5 Å². The van der Waals surface area contributed by atoms with E-state index in [4.69, 9.17) is 16.3 Å². The molecule has 0 saturated carbocycles. The number of alkyl halides is 3. The molecule has 1 aromatic heterocycles. The van der Waals surface area contributed by atoms with E-state index in [9.17, 15) is 22.8 Å². The molecule has 1 saturated heterocycles. The third kappa shape index (κ3) is 5.53. The third-order valence-corrected chi connectivity index (χ3v) is 5.14. The Bertz CT molecular complexity index is 977. The van der Waals surface area contributed by atoms with E-state index in [1.807, 2.05) is 13.8 Å². The largest absolute Gasteiger partial charge is 0.449 e. The van der Waals surface area contributed by atoms with Crippen LogP contribution in [0.1, 0.15) is 36.3 Å². The van der Waals surface area contributed by atoms with Crippen LogP contribution < -0.4 is 0 Å². The van der Waals surface area contributed by atoms with Gasteiger partial charge in [-0.25, -0.2) is 9.48 Å². The van der Waals surface area contributed by atoms with Gasteiger partial charge in [0.05, 0.1) is 24.1 Å². The predicted molar refractivity (Wildman–Crippen MR) is 112 cm³/mol. The van der Waals surface area contributed by atoms with Crippen molar-refractivity contribution in [3.8, 4) is 5.69 Å². The van der Waals surface area contributed by atoms with E-state index in [2.05, 4.69) is 5.10 Å². The van der Waals surface area contributed by atoms with Crippen LogP contribution in [0.3, 0.4) is 0 Å². The summed E-state index contributed by atoms with van der Waals surface area (Å²) in [7, 11) is 0. The maximum atomic E-state index is 13.9. The number of hydrogen-bond acceptors (Lipinski definition) is 4. The van der Waals surface area contributed by atoms with E-state index in [0.717, 1.165) is 6.20 Å². The third-order valence-electron chi connectivity index (χ3n) is 4.90. The summed E-state index contributed by atoms with van der Waals surface area (Å²) >= 11 is 5.91. The van der Waals surface area contributed by atoms with Crippen molar-refractivity contribution in [2.75, 3.05) is 32.8 Å². The van der Waals surface area contributed by atoms with Gasteiger partial charge in [-0.2, -0.15) is 18.3 Å². The molecule has 0 spiro atoms. The number of nitrogens with zero attached hydrogens (tertiary/aromatic N) is 4. The minimum absolute atomic E-state index is 0.0925. The Morgan fingerprint density at radius 1 is 1.16 bits per heavy atom. The zero-order valence-electron chi connectivity index (χ0n) is 17.7. The summed E-state index contributed by atoms with van der Waals surface area (Å²) in [6.45, 7) is 4.94. The van der Waals surface area contributed by atoms with Crippen LogP contribution in [-0.2, 0) is 10.9 Å². The molecule has 3 rings (SSSR count). The zero-order valence-corrected chi connectivity index (χ0v) is 18.5. The van der Waals surface area contributed by atoms with Gasteiger partial charge in [0.15, 0.2) is 5.69 Å². The fourth-order valence-corrected chi connectivity index (χ4v) is 3.57. The zero-order chi connectivity index (χ0) is 23.5. The first-order valence-corrected chi connectivity index (χ1v) is 10.6. The SMILES string of the molecule is CC(C)COC(=O)N1CCCN(C(=O)c2cnn(-c3cccc(Cl)c3)c2C(F)(F)F)CC1. The number of aromatic nitrogens is 2. The number of carbonyl (C=O) groups is 2. The van der Waals surface area contributed by atoms with Crippen molar-refractivity contribution < 1.29 is 27.5 Å². The topological polar surface area (TPSA) is 67.7 Å². The van der Waals surface area contributed by atoms with Gasteiger partial charge in [0, 0.05) is 31.2 Å². The predicted octanol–water partition coefficient (Wildman–Crippen LogP) is 4.49. The number of rotatable bonds is 4. The summed E-state index contributed by atoms with van der Waals surface area (Å²) in [6, 6.07) is 5.80. The molecule has 32 heavy (non-hydrogen) atoms. The standard InChI is InChI=1S/C21H24ClF3N4O3/c1-14(2)13-32-20(31)28-8-4-7-27(9-10-28)19(30)17-12-26-29(18(17)21(23,24)25)16-6-3-5-15(22)11-16/h3,5-6,11-12,14H,4,7-10,13H2,1-2H3. The maximum Gasteiger partial charge on any atom is 0.434 e. The average Bonchev–Trinajstić information content (AvgIpc) is 3.04. The number of halogens is 4. The van der Waals surface area contributed by atoms with Gasteiger partial charge in [-0.3, -0.25) is 4.79 Å². The van der Waals surface area contributed by atoms with Gasteiger partial charge in [0.25, 0.3) is 5.91 Å². The molecular formula is C21H24ClF3N4O3. The van der Waals surface area contributed by atoms with Gasteiger partial charge in [0.1, 0.15) is 0 Å². The lowest BCUT2D eigenvalue weighted by molar-refractivity contribution is -0.143. The summed E-state index contributed by atoms with van der Waals surface area (Å²) in [5.41, 5.74) is -1.62. The number of amides is 2. The van der Waals surface area contributed by atoms with Crippen molar-refractivity contribution in [3.63, 3.8) is 0 Å². The highest BCUT2D eigenvalue weighted by atomic mass is 35.5. The van der Waals surface area contributed by atoms with E-state index in [1.54, 1.807) is 0 Å². The second-order valence-corrected chi connectivity index (χ2v) is 8.34. The first-order chi connectivity index (χ1) is 15.1. The molecule has 0 atom stereocenters. The van der Waals surface area contributed by atoms with Crippen LogP contribution >= 0.6 is 11.6 Å². The molecule has 0 radical (unpaired) electrons. The summed E-state index contributed by atoms with van der Waals surface area (Å²) in [5.74, 6) is -0.608. The van der Waals surface area contributed by atoms with Crippen molar-refractivity contribution in [1.82, 2.24) is 19.6 Å². The molecule has 2 heterocycles. The van der Waals surface area contributed by atoms with Crippen molar-refractivity contribution in [1.29, 1.82) is 0 Å². The Labute approximate surface area is 188 Å². The van der Waals surface area contributed by atoms with Crippen LogP contribution in [0.5, 0.6) is 0 Å². The highest BCUT2D eigenvalue weighted by molar-refractivity contribution is 6.30. The van der Waals surface area contributed by atoms with Crippen molar-refractivity contribution in [3.05, 3.63) is 46.7 Å². The first kappa shape index (κ1) is 23.9. The van der Waals surface area contributed by atoms with Gasteiger partial charge in [-0.1, -0.05) is 31.5 Å². The van der Waals surface area contributed by atoms with Crippen LogP contribution in [0.4, 0.5) is 18.0 Å². The summed E-state index contributed by atoms with van der Waals surface area (Å²) < 4.78 is 47.6. The fraction of sp³-hybridized carbons (Fsp3) is 0.476. The monoisotopic (exact) mass is 472 g/mol. The highest BCUT2D eigenvalue weighted by Gasteiger charge is 2.41. The molecule has 11 heteroatoms. The normalized spacial score (nSPS) is 15.1. The lowest BCUT2D eigenvalue weighted by Crippen LogP contribution is -2.38. The molecule has 1 aliphatic heterocycles. The number of carbonyl (C=O) groups excluding carboxylic acids is 2. The summed E-state index contributed by atoms with van der Waals surface area (Å²) in [6.07, 6.45) is -3.96. The summed E-state index contributed by atoms with van der Waals surface area (Å²) in [4.78, 5) is 28.0. The minimum atomic E-state index is -4.82.